The van der Waals surface area contributed by atoms with Crippen LogP contribution in [0.5, 0.6) is 0 Å². The normalized spacial score (nSPS) is 20.0. The van der Waals surface area contributed by atoms with Crippen LogP contribution < -0.4 is 5.32 Å². The molecule has 1 aromatic rings. The Morgan fingerprint density at radius 3 is 2.43 bits per heavy atom. The molecule has 1 N–H and O–H groups in total. The molecular formula is C19H29F3N6OS. The van der Waals surface area contributed by atoms with Crippen LogP contribution in [0.15, 0.2) is 10.4 Å². The Labute approximate surface area is 179 Å². The Hall–Kier alpha value is -1.88. The molecule has 0 aliphatic carbocycles. The fourth-order valence-corrected chi connectivity index (χ4v) is 4.65. The number of halogens is 3. The van der Waals surface area contributed by atoms with Crippen LogP contribution in [0.25, 0.3) is 0 Å². The monoisotopic (exact) mass is 446 g/mol. The number of likely N-dealkylation sites (tertiary alicyclic amines) is 1. The van der Waals surface area contributed by atoms with E-state index in [-0.39, 0.29) is 11.9 Å². The van der Waals surface area contributed by atoms with Crippen molar-refractivity contribution in [1.82, 2.24) is 25.0 Å². The zero-order valence-corrected chi connectivity index (χ0v) is 18.2. The first-order valence-electron chi connectivity index (χ1n) is 10.3. The van der Waals surface area contributed by atoms with Gasteiger partial charge in [-0.3, -0.25) is 14.7 Å². The zero-order valence-electron chi connectivity index (χ0n) is 17.4. The highest BCUT2D eigenvalue weighted by Gasteiger charge is 2.34. The number of nitrogens with zero attached hydrogens (tertiary/aromatic N) is 5. The molecule has 3 heterocycles. The highest BCUT2D eigenvalue weighted by atomic mass is 32.1. The Morgan fingerprint density at radius 1 is 1.20 bits per heavy atom. The molecule has 1 atom stereocenters. The molecule has 0 radical (unpaired) electrons. The van der Waals surface area contributed by atoms with E-state index < -0.39 is 11.9 Å². The van der Waals surface area contributed by atoms with E-state index in [1.165, 1.54) is 0 Å². The summed E-state index contributed by atoms with van der Waals surface area (Å²) in [5, 5.41) is 4.71. The number of alkyl halides is 3. The lowest BCUT2D eigenvalue weighted by molar-refractivity contribution is -0.140. The molecule has 2 saturated heterocycles. The van der Waals surface area contributed by atoms with Crippen LogP contribution in [-0.2, 0) is 17.4 Å². The van der Waals surface area contributed by atoms with Crippen molar-refractivity contribution in [2.75, 3.05) is 52.9 Å². The second-order valence-corrected chi connectivity index (χ2v) is 8.52. The predicted octanol–water partition coefficient (Wildman–Crippen LogP) is 1.91. The van der Waals surface area contributed by atoms with E-state index in [0.29, 0.717) is 18.0 Å². The topological polar surface area (TPSA) is 64.1 Å². The summed E-state index contributed by atoms with van der Waals surface area (Å²) in [6, 6.07) is -0.118. The van der Waals surface area contributed by atoms with Crippen molar-refractivity contribution in [3.05, 3.63) is 16.1 Å². The number of aromatic nitrogens is 1. The van der Waals surface area contributed by atoms with Gasteiger partial charge in [-0.2, -0.15) is 13.2 Å². The van der Waals surface area contributed by atoms with Crippen molar-refractivity contribution >= 4 is 23.2 Å². The van der Waals surface area contributed by atoms with Crippen LogP contribution in [0.4, 0.5) is 13.2 Å². The van der Waals surface area contributed by atoms with E-state index >= 15 is 0 Å². The van der Waals surface area contributed by atoms with Gasteiger partial charge in [0.15, 0.2) is 11.7 Å². The van der Waals surface area contributed by atoms with Crippen LogP contribution in [0.2, 0.25) is 0 Å². The second-order valence-electron chi connectivity index (χ2n) is 7.58. The maximum Gasteiger partial charge on any atom is 0.434 e. The second kappa shape index (κ2) is 9.95. The number of carbonyl (C=O) groups is 1. The molecule has 0 spiro atoms. The SMILES string of the molecule is CN=C(NCCc1nc(C(F)(F)F)cs1)N1CCN(C(C)C(=O)N2CCCC2)CC1. The van der Waals surface area contributed by atoms with Crippen molar-refractivity contribution in [2.45, 2.75) is 38.4 Å². The van der Waals surface area contributed by atoms with E-state index in [4.69, 9.17) is 0 Å². The number of aliphatic imine (C=N–C) groups is 1. The largest absolute Gasteiger partial charge is 0.434 e. The minimum Gasteiger partial charge on any atom is -0.356 e. The van der Waals surface area contributed by atoms with Crippen LogP contribution in [-0.4, -0.2) is 90.5 Å². The molecule has 0 saturated carbocycles. The summed E-state index contributed by atoms with van der Waals surface area (Å²) in [6.07, 6.45) is -1.81. The van der Waals surface area contributed by atoms with Crippen LogP contribution in [0.1, 0.15) is 30.5 Å². The Morgan fingerprint density at radius 2 is 1.87 bits per heavy atom. The highest BCUT2D eigenvalue weighted by Crippen LogP contribution is 2.30. The number of nitrogens with one attached hydrogen (secondary N) is 1. The van der Waals surface area contributed by atoms with Gasteiger partial charge in [0.2, 0.25) is 5.91 Å². The fourth-order valence-electron chi connectivity index (χ4n) is 3.85. The first-order valence-corrected chi connectivity index (χ1v) is 11.2. The van der Waals surface area contributed by atoms with Gasteiger partial charge in [0.05, 0.1) is 11.0 Å². The van der Waals surface area contributed by atoms with E-state index in [2.05, 4.69) is 25.1 Å². The minimum absolute atomic E-state index is 0.118. The molecule has 2 aliphatic rings. The van der Waals surface area contributed by atoms with Gasteiger partial charge < -0.3 is 15.1 Å². The maximum atomic E-state index is 12.7. The van der Waals surface area contributed by atoms with Gasteiger partial charge in [0, 0.05) is 64.7 Å². The van der Waals surface area contributed by atoms with E-state index in [9.17, 15) is 18.0 Å². The predicted molar refractivity (Wildman–Crippen MR) is 111 cm³/mol. The molecule has 3 rings (SSSR count). The van der Waals surface area contributed by atoms with Crippen LogP contribution >= 0.6 is 11.3 Å². The van der Waals surface area contributed by atoms with Gasteiger partial charge >= 0.3 is 6.18 Å². The Balaban J connectivity index is 1.43. The first kappa shape index (κ1) is 22.8. The molecule has 11 heteroatoms. The molecule has 1 amide bonds. The highest BCUT2D eigenvalue weighted by molar-refractivity contribution is 7.09. The van der Waals surface area contributed by atoms with E-state index in [1.54, 1.807) is 7.05 Å². The summed E-state index contributed by atoms with van der Waals surface area (Å²) in [7, 11) is 1.69. The molecular weight excluding hydrogens is 417 g/mol. The number of piperazine rings is 1. The third kappa shape index (κ3) is 5.63. The third-order valence-corrected chi connectivity index (χ3v) is 6.52. The first-order chi connectivity index (χ1) is 14.3. The molecule has 0 bridgehead atoms. The van der Waals surface area contributed by atoms with Gasteiger partial charge in [-0.25, -0.2) is 4.98 Å². The van der Waals surface area contributed by atoms with Crippen molar-refractivity contribution in [1.29, 1.82) is 0 Å². The zero-order chi connectivity index (χ0) is 21.7. The van der Waals surface area contributed by atoms with Gasteiger partial charge in [-0.05, 0) is 19.8 Å². The number of hydrogen-bond acceptors (Lipinski definition) is 5. The number of carbonyl (C=O) groups excluding carboxylic acids is 1. The van der Waals surface area contributed by atoms with Gasteiger partial charge in [0.1, 0.15) is 0 Å². The summed E-state index contributed by atoms with van der Waals surface area (Å²) < 4.78 is 38.0. The summed E-state index contributed by atoms with van der Waals surface area (Å²) >= 11 is 1.02. The number of rotatable bonds is 5. The van der Waals surface area contributed by atoms with Crippen molar-refractivity contribution in [3.8, 4) is 0 Å². The van der Waals surface area contributed by atoms with Gasteiger partial charge in [-0.1, -0.05) is 0 Å². The van der Waals surface area contributed by atoms with E-state index in [1.807, 2.05) is 11.8 Å². The van der Waals surface area contributed by atoms with Crippen molar-refractivity contribution < 1.29 is 18.0 Å². The quantitative estimate of drug-likeness (QED) is 0.553. The molecule has 1 aromatic heterocycles. The van der Waals surface area contributed by atoms with Gasteiger partial charge in [0.25, 0.3) is 0 Å². The standard InChI is InChI=1S/C19H29F3N6OS/c1-14(17(29)27-7-3-4-8-27)26-9-11-28(12-10-26)18(23-2)24-6-5-16-25-15(13-30-16)19(20,21)22/h13-14H,3-12H2,1-2H3,(H,23,24). The molecule has 2 aliphatic heterocycles. The molecule has 1 unspecified atom stereocenters. The Kier molecular flexibility index (Phi) is 7.56. The number of amides is 1. The van der Waals surface area contributed by atoms with Gasteiger partial charge in [-0.15, -0.1) is 11.3 Å². The summed E-state index contributed by atoms with van der Waals surface area (Å²) in [6.45, 7) is 7.19. The van der Waals surface area contributed by atoms with Crippen molar-refractivity contribution in [3.63, 3.8) is 0 Å². The minimum atomic E-state index is -4.40. The summed E-state index contributed by atoms with van der Waals surface area (Å²) in [4.78, 5) is 26.8. The maximum absolute atomic E-state index is 12.7. The lowest BCUT2D eigenvalue weighted by Crippen LogP contribution is -2.57. The lowest BCUT2D eigenvalue weighted by Gasteiger charge is -2.39. The molecule has 7 nitrogen and oxygen atoms in total. The third-order valence-electron chi connectivity index (χ3n) is 5.61. The smallest absolute Gasteiger partial charge is 0.356 e. The molecule has 2 fully saturated rings. The molecule has 30 heavy (non-hydrogen) atoms. The number of guanidine groups is 1. The van der Waals surface area contributed by atoms with Crippen LogP contribution in [0, 0.1) is 0 Å². The average Bonchev–Trinajstić information content (AvgIpc) is 3.42. The average molecular weight is 447 g/mol. The summed E-state index contributed by atoms with van der Waals surface area (Å²) in [5.74, 6) is 0.936. The fraction of sp³-hybridized carbons (Fsp3) is 0.737. The number of thiazole rings is 1. The molecule has 0 aromatic carbocycles. The molecule has 168 valence electrons. The Bertz CT molecular complexity index is 739. The summed E-state index contributed by atoms with van der Waals surface area (Å²) in [5.41, 5.74) is -0.833. The van der Waals surface area contributed by atoms with Crippen LogP contribution in [0.3, 0.4) is 0 Å². The lowest BCUT2D eigenvalue weighted by atomic mass is 10.2. The van der Waals surface area contributed by atoms with Crippen molar-refractivity contribution in [2.24, 2.45) is 4.99 Å². The van der Waals surface area contributed by atoms with E-state index in [0.717, 1.165) is 74.8 Å². The number of hydrogen-bond donors (Lipinski definition) is 1.